The van der Waals surface area contributed by atoms with Crippen molar-refractivity contribution < 1.29 is 0 Å². The summed E-state index contributed by atoms with van der Waals surface area (Å²) in [6.07, 6.45) is 8.37. The van der Waals surface area contributed by atoms with Crippen molar-refractivity contribution in [3.05, 3.63) is 35.4 Å². The molecule has 1 saturated carbocycles. The topological polar surface area (TPSA) is 15.3 Å². The van der Waals surface area contributed by atoms with E-state index in [1.807, 2.05) is 0 Å². The molecule has 2 heteroatoms. The van der Waals surface area contributed by atoms with Gasteiger partial charge in [-0.05, 0) is 44.9 Å². The van der Waals surface area contributed by atoms with Crippen molar-refractivity contribution in [2.24, 2.45) is 0 Å². The summed E-state index contributed by atoms with van der Waals surface area (Å²) in [5.41, 5.74) is 2.82. The lowest BCUT2D eigenvalue weighted by Gasteiger charge is -2.21. The predicted molar refractivity (Wildman–Crippen MR) is 91.4 cm³/mol. The molecule has 2 nitrogen and oxygen atoms in total. The summed E-state index contributed by atoms with van der Waals surface area (Å²) in [6, 6.07) is 10.5. The van der Waals surface area contributed by atoms with Crippen LogP contribution in [0, 0.1) is 0 Å². The molecule has 0 heterocycles. The minimum absolute atomic E-state index is 0.599. The Labute approximate surface area is 130 Å². The van der Waals surface area contributed by atoms with Crippen LogP contribution in [0.15, 0.2) is 24.3 Å². The Morgan fingerprint density at radius 1 is 1.00 bits per heavy atom. The molecule has 0 unspecified atom stereocenters. The van der Waals surface area contributed by atoms with Crippen molar-refractivity contribution in [1.82, 2.24) is 10.2 Å². The Kier molecular flexibility index (Phi) is 6.72. The zero-order chi connectivity index (χ0) is 15.1. The van der Waals surface area contributed by atoms with Gasteiger partial charge in [-0.15, -0.1) is 0 Å². The molecule has 0 aliphatic heterocycles. The molecule has 1 aliphatic rings. The van der Waals surface area contributed by atoms with Crippen molar-refractivity contribution in [2.45, 2.75) is 77.5 Å². The van der Waals surface area contributed by atoms with Gasteiger partial charge in [-0.25, -0.2) is 0 Å². The highest BCUT2D eigenvalue weighted by molar-refractivity contribution is 5.22. The zero-order valence-electron chi connectivity index (χ0n) is 14.1. The Morgan fingerprint density at radius 3 is 2.14 bits per heavy atom. The Morgan fingerprint density at radius 2 is 1.57 bits per heavy atom. The first-order valence-corrected chi connectivity index (χ1v) is 8.66. The summed E-state index contributed by atoms with van der Waals surface area (Å²) in [4.78, 5) is 2.37. The molecule has 0 amide bonds. The monoisotopic (exact) mass is 288 g/mol. The molecule has 0 aromatic heterocycles. The van der Waals surface area contributed by atoms with E-state index < -0.39 is 0 Å². The maximum atomic E-state index is 3.75. The number of nitrogens with zero attached hydrogens (tertiary/aromatic N) is 1. The van der Waals surface area contributed by atoms with Crippen LogP contribution in [0.1, 0.15) is 63.5 Å². The number of nitrogens with one attached hydrogen (secondary N) is 1. The molecule has 2 rings (SSSR count). The van der Waals surface area contributed by atoms with Gasteiger partial charge in [0.15, 0.2) is 0 Å². The van der Waals surface area contributed by atoms with Gasteiger partial charge < -0.3 is 5.32 Å². The number of hydrogen-bond acceptors (Lipinski definition) is 2. The summed E-state index contributed by atoms with van der Waals surface area (Å²) in [5.74, 6) is 0. The van der Waals surface area contributed by atoms with E-state index in [0.29, 0.717) is 6.04 Å². The molecule has 1 aromatic carbocycles. The first kappa shape index (κ1) is 16.5. The van der Waals surface area contributed by atoms with Crippen molar-refractivity contribution in [1.29, 1.82) is 0 Å². The molecule has 0 saturated heterocycles. The lowest BCUT2D eigenvalue weighted by Crippen LogP contribution is -2.28. The first-order chi connectivity index (χ1) is 10.1. The molecule has 0 atom stereocenters. The third kappa shape index (κ3) is 5.80. The van der Waals surface area contributed by atoms with Gasteiger partial charge in [-0.2, -0.15) is 0 Å². The molecule has 0 spiro atoms. The minimum Gasteiger partial charge on any atom is -0.310 e. The number of rotatable bonds is 6. The van der Waals surface area contributed by atoms with E-state index in [-0.39, 0.29) is 0 Å². The van der Waals surface area contributed by atoms with E-state index in [2.05, 4.69) is 55.4 Å². The third-order valence-corrected chi connectivity index (χ3v) is 4.79. The second kappa shape index (κ2) is 8.55. The molecule has 1 aliphatic carbocycles. The van der Waals surface area contributed by atoms with E-state index in [0.717, 1.165) is 19.1 Å². The minimum atomic E-state index is 0.599. The van der Waals surface area contributed by atoms with Crippen LogP contribution in [0.2, 0.25) is 0 Å². The highest BCUT2D eigenvalue weighted by Gasteiger charge is 2.11. The lowest BCUT2D eigenvalue weighted by molar-refractivity contribution is 0.266. The van der Waals surface area contributed by atoms with Gasteiger partial charge in [-0.1, -0.05) is 49.9 Å². The van der Waals surface area contributed by atoms with Crippen LogP contribution in [0.25, 0.3) is 0 Å². The maximum absolute atomic E-state index is 3.75. The van der Waals surface area contributed by atoms with Crippen molar-refractivity contribution in [3.8, 4) is 0 Å². The molecular weight excluding hydrogens is 256 g/mol. The summed E-state index contributed by atoms with van der Waals surface area (Å²) in [7, 11) is 2.19. The van der Waals surface area contributed by atoms with Crippen LogP contribution in [0.4, 0.5) is 0 Å². The fourth-order valence-corrected chi connectivity index (χ4v) is 2.98. The first-order valence-electron chi connectivity index (χ1n) is 8.66. The molecule has 0 radical (unpaired) electrons. The second-order valence-corrected chi connectivity index (χ2v) is 6.89. The SMILES string of the molecule is CC(C)N(C)Cc1ccc(CNC2CCCCCC2)cc1. The van der Waals surface area contributed by atoms with Crippen LogP contribution in [-0.2, 0) is 13.1 Å². The van der Waals surface area contributed by atoms with Gasteiger partial charge in [0.2, 0.25) is 0 Å². The van der Waals surface area contributed by atoms with Gasteiger partial charge >= 0.3 is 0 Å². The van der Waals surface area contributed by atoms with E-state index in [9.17, 15) is 0 Å². The molecule has 21 heavy (non-hydrogen) atoms. The average Bonchev–Trinajstić information content (AvgIpc) is 2.75. The van der Waals surface area contributed by atoms with E-state index in [4.69, 9.17) is 0 Å². The van der Waals surface area contributed by atoms with Gasteiger partial charge in [0.1, 0.15) is 0 Å². The number of hydrogen-bond donors (Lipinski definition) is 1. The van der Waals surface area contributed by atoms with Gasteiger partial charge in [0, 0.05) is 25.2 Å². The molecule has 1 N–H and O–H groups in total. The quantitative estimate of drug-likeness (QED) is 0.783. The molecule has 118 valence electrons. The van der Waals surface area contributed by atoms with Crippen LogP contribution >= 0.6 is 0 Å². The maximum Gasteiger partial charge on any atom is 0.0233 e. The van der Waals surface area contributed by atoms with E-state index in [1.54, 1.807) is 0 Å². The summed E-state index contributed by atoms with van der Waals surface area (Å²) in [5, 5.41) is 3.75. The molecular formula is C19H32N2. The van der Waals surface area contributed by atoms with E-state index in [1.165, 1.54) is 49.7 Å². The van der Waals surface area contributed by atoms with Gasteiger partial charge in [0.25, 0.3) is 0 Å². The summed E-state index contributed by atoms with van der Waals surface area (Å²) in [6.45, 7) is 6.54. The van der Waals surface area contributed by atoms with Crippen LogP contribution in [-0.4, -0.2) is 24.0 Å². The van der Waals surface area contributed by atoms with Gasteiger partial charge in [0.05, 0.1) is 0 Å². The molecule has 0 bridgehead atoms. The highest BCUT2D eigenvalue weighted by Crippen LogP contribution is 2.17. The Balaban J connectivity index is 1.79. The van der Waals surface area contributed by atoms with Gasteiger partial charge in [-0.3, -0.25) is 4.90 Å². The molecule has 1 fully saturated rings. The van der Waals surface area contributed by atoms with Crippen LogP contribution in [0.5, 0.6) is 0 Å². The van der Waals surface area contributed by atoms with Crippen molar-refractivity contribution in [2.75, 3.05) is 7.05 Å². The lowest BCUT2D eigenvalue weighted by atomic mass is 10.1. The largest absolute Gasteiger partial charge is 0.310 e. The van der Waals surface area contributed by atoms with Crippen molar-refractivity contribution in [3.63, 3.8) is 0 Å². The Hall–Kier alpha value is -0.860. The summed E-state index contributed by atoms with van der Waals surface area (Å²) < 4.78 is 0. The number of benzene rings is 1. The standard InChI is InChI=1S/C19H32N2/c1-16(2)21(3)15-18-12-10-17(11-13-18)14-20-19-8-6-4-5-7-9-19/h10-13,16,19-20H,4-9,14-15H2,1-3H3. The average molecular weight is 288 g/mol. The fourth-order valence-electron chi connectivity index (χ4n) is 2.98. The predicted octanol–water partition coefficient (Wildman–Crippen LogP) is 4.34. The van der Waals surface area contributed by atoms with Crippen LogP contribution in [0.3, 0.4) is 0 Å². The summed E-state index contributed by atoms with van der Waals surface area (Å²) >= 11 is 0. The smallest absolute Gasteiger partial charge is 0.0233 e. The normalized spacial score (nSPS) is 17.4. The van der Waals surface area contributed by atoms with Crippen molar-refractivity contribution >= 4 is 0 Å². The molecule has 1 aromatic rings. The zero-order valence-corrected chi connectivity index (χ0v) is 14.1. The third-order valence-electron chi connectivity index (χ3n) is 4.79. The fraction of sp³-hybridized carbons (Fsp3) is 0.684. The Bertz CT molecular complexity index is 389. The van der Waals surface area contributed by atoms with E-state index >= 15 is 0 Å². The van der Waals surface area contributed by atoms with Crippen LogP contribution < -0.4 is 5.32 Å². The second-order valence-electron chi connectivity index (χ2n) is 6.89. The highest BCUT2D eigenvalue weighted by atomic mass is 15.1.